The highest BCUT2D eigenvalue weighted by Gasteiger charge is 2.26. The topological polar surface area (TPSA) is 305 Å². The summed E-state index contributed by atoms with van der Waals surface area (Å²) in [4.78, 5) is 27.7. The molecule has 592 valence electrons. The maximum Gasteiger partial charge on any atom is 0.157 e. The molecule has 0 radical (unpaired) electrons. The van der Waals surface area contributed by atoms with Crippen molar-refractivity contribution in [3.05, 3.63) is 144 Å². The molecule has 12 aromatic rings. The molecule has 0 aromatic carbocycles. The van der Waals surface area contributed by atoms with Gasteiger partial charge in [-0.25, -0.2) is 29.9 Å². The van der Waals surface area contributed by atoms with E-state index >= 15 is 0 Å². The highest BCUT2D eigenvalue weighted by atomic mass is 15.3. The van der Waals surface area contributed by atoms with Crippen molar-refractivity contribution in [2.75, 3.05) is 31.9 Å². The van der Waals surface area contributed by atoms with Crippen LogP contribution in [0.1, 0.15) is 286 Å². The third-order valence-corrected chi connectivity index (χ3v) is 23.6. The second kappa shape index (κ2) is 37.2. The van der Waals surface area contributed by atoms with Gasteiger partial charge in [0.2, 0.25) is 0 Å². The molecule has 0 saturated heterocycles. The minimum atomic E-state index is 0.376. The Morgan fingerprint density at radius 3 is 0.874 bits per heavy atom. The molecule has 111 heavy (non-hydrogen) atoms. The summed E-state index contributed by atoms with van der Waals surface area (Å²) in [6.45, 7) is 17.1. The van der Waals surface area contributed by atoms with Crippen LogP contribution in [0.4, 0.5) is 34.9 Å². The van der Waals surface area contributed by atoms with Gasteiger partial charge in [0.1, 0.15) is 34.9 Å². The van der Waals surface area contributed by atoms with Gasteiger partial charge in [-0.3, -0.25) is 0 Å². The lowest BCUT2D eigenvalue weighted by Gasteiger charge is -2.27. The molecule has 7 saturated carbocycles. The third-order valence-electron chi connectivity index (χ3n) is 23.6. The molecule has 12 heterocycles. The summed E-state index contributed by atoms with van der Waals surface area (Å²) in [6, 6.07) is 28.7. The highest BCUT2D eigenvalue weighted by Crippen LogP contribution is 2.36. The fourth-order valence-electron chi connectivity index (χ4n) is 17.0. The Morgan fingerprint density at radius 2 is 0.568 bits per heavy atom. The number of rotatable bonds is 17. The van der Waals surface area contributed by atoms with Crippen LogP contribution in [0.2, 0.25) is 0 Å². The van der Waals surface area contributed by atoms with Crippen LogP contribution in [0.3, 0.4) is 0 Å². The third kappa shape index (κ3) is 20.2. The summed E-state index contributed by atoms with van der Waals surface area (Å²) in [6.07, 6.45) is 47.0. The standard InChI is InChI=1S/C16H22N4.C15H23N5.C15H22N4.C14H20N4.C13H19N5.C12H16N4/c1-2-6-12(5-1)14-11-16(18-13-7-3-4-8-13)20-15(19-14)9-10-17-20;1-10(2)13-9-15(20-14(19-13)7-8-17-20)18-12-5-3-11(16)4-6-12;1-3-11(2)13-10-15(17-12-6-4-5-7-12)19-14(18-13)8-9-16-19;1-10(2)12-9-14(16-11-5-3-4-6-11)18-13(17-12)7-8-15-18;1-9-8-13(18-12(16-9)6-7-15-18)17-11-4-2-10(14)3-5-11;1-9-8-12(15-10-4-2-3-5-10)16-11(14-9)6-7-13-16/h9-13,18H,1-8H2;7-12,18H,3-6,16H2,1-2H3;8-12,17H,3-7H2,1-2H3;7-11,16H,3-6H2,1-2H3;6-8,10-11,17H,2-5,14H2,1H3;6-8,10,15H,2-5H2,1H3. The lowest BCUT2D eigenvalue weighted by Crippen LogP contribution is -2.33. The summed E-state index contributed by atoms with van der Waals surface area (Å²) < 4.78 is 11.4. The van der Waals surface area contributed by atoms with E-state index < -0.39 is 0 Å². The van der Waals surface area contributed by atoms with E-state index in [4.69, 9.17) is 21.4 Å². The first-order valence-corrected chi connectivity index (χ1v) is 42.2. The highest BCUT2D eigenvalue weighted by molar-refractivity contribution is 5.55. The summed E-state index contributed by atoms with van der Waals surface area (Å²) in [7, 11) is 0. The normalized spacial score (nSPS) is 20.2. The molecule has 1 unspecified atom stereocenters. The van der Waals surface area contributed by atoms with Crippen molar-refractivity contribution >= 4 is 68.8 Å². The molecule has 26 nitrogen and oxygen atoms in total. The zero-order valence-electron chi connectivity index (χ0n) is 67.0. The van der Waals surface area contributed by atoms with Crippen molar-refractivity contribution in [3.63, 3.8) is 0 Å². The molecule has 7 aliphatic rings. The lowest BCUT2D eigenvalue weighted by atomic mass is 9.92. The molecular formula is C85H122N26. The number of hydrogen-bond donors (Lipinski definition) is 8. The number of aryl methyl sites for hydroxylation is 2. The monoisotopic (exact) mass is 1510 g/mol. The first kappa shape index (κ1) is 78.1. The van der Waals surface area contributed by atoms with Crippen molar-refractivity contribution in [1.29, 1.82) is 0 Å². The van der Waals surface area contributed by atoms with Gasteiger partial charge in [-0.1, -0.05) is 106 Å². The van der Waals surface area contributed by atoms with Crippen LogP contribution in [0, 0.1) is 13.8 Å². The van der Waals surface area contributed by atoms with Gasteiger partial charge in [0.25, 0.3) is 0 Å². The smallest absolute Gasteiger partial charge is 0.157 e. The molecule has 10 N–H and O–H groups in total. The van der Waals surface area contributed by atoms with E-state index in [0.29, 0.717) is 72.0 Å². The SMILES string of the molecule is CC(C)c1cc(NC2CCC(N)CC2)n2nccc2n1.CC(C)c1cc(NC2CCCC2)n2nccc2n1.CCC(C)c1cc(NC2CCCC2)n2nccc2n1.Cc1cc(NC2CCC(N)CC2)n2nccc2n1.Cc1cc(NC2CCCC2)n2nccc2n1.c1cc2nc(C3CCCC3)cc(NC3CCCC3)n2n1. The van der Waals surface area contributed by atoms with Gasteiger partial charge >= 0.3 is 0 Å². The molecule has 1 atom stereocenters. The van der Waals surface area contributed by atoms with Crippen molar-refractivity contribution < 1.29 is 0 Å². The molecule has 12 aromatic heterocycles. The maximum atomic E-state index is 5.97. The summed E-state index contributed by atoms with van der Waals surface area (Å²) in [5.41, 5.74) is 24.2. The molecule has 7 fully saturated rings. The number of hydrogen-bond acceptors (Lipinski definition) is 20. The van der Waals surface area contributed by atoms with Crippen LogP contribution in [0.25, 0.3) is 33.9 Å². The Hall–Kier alpha value is -9.56. The van der Waals surface area contributed by atoms with E-state index in [-0.39, 0.29) is 0 Å². The van der Waals surface area contributed by atoms with Crippen LogP contribution in [0.15, 0.2) is 110 Å². The molecule has 7 aliphatic carbocycles. The molecule has 0 amide bonds. The first-order chi connectivity index (χ1) is 54.1. The van der Waals surface area contributed by atoms with Crippen LogP contribution in [0.5, 0.6) is 0 Å². The second-order valence-corrected chi connectivity index (χ2v) is 33.1. The van der Waals surface area contributed by atoms with E-state index in [0.717, 1.165) is 155 Å². The zero-order valence-corrected chi connectivity index (χ0v) is 67.0. The van der Waals surface area contributed by atoms with E-state index in [1.165, 1.54) is 134 Å². The molecule has 0 spiro atoms. The minimum absolute atomic E-state index is 0.376. The van der Waals surface area contributed by atoms with E-state index in [1.54, 1.807) is 18.6 Å². The number of fused-ring (bicyclic) bond motifs is 6. The van der Waals surface area contributed by atoms with Gasteiger partial charge in [-0.2, -0.15) is 57.7 Å². The number of nitrogens with zero attached hydrogens (tertiary/aromatic N) is 18. The van der Waals surface area contributed by atoms with E-state index in [2.05, 4.69) is 160 Å². The molecule has 0 bridgehead atoms. The quantitative estimate of drug-likeness (QED) is 0.0420. The van der Waals surface area contributed by atoms with Gasteiger partial charge in [0.15, 0.2) is 33.9 Å². The zero-order chi connectivity index (χ0) is 76.7. The van der Waals surface area contributed by atoms with Crippen LogP contribution >= 0.6 is 0 Å². The average molecular weight is 1510 g/mol. The first-order valence-electron chi connectivity index (χ1n) is 42.2. The molecule has 19 rings (SSSR count). The Bertz CT molecular complexity index is 4880. The van der Waals surface area contributed by atoms with E-state index in [9.17, 15) is 0 Å². The molecule has 26 heteroatoms. The molecular weight excluding hydrogens is 1390 g/mol. The number of nitrogens with one attached hydrogen (secondary N) is 6. The van der Waals surface area contributed by atoms with Crippen molar-refractivity contribution in [3.8, 4) is 0 Å². The van der Waals surface area contributed by atoms with Gasteiger partial charge in [0, 0.05) is 161 Å². The second-order valence-electron chi connectivity index (χ2n) is 33.1. The van der Waals surface area contributed by atoms with Gasteiger partial charge in [-0.05, 0) is 154 Å². The summed E-state index contributed by atoms with van der Waals surface area (Å²) in [5.74, 6) is 8.45. The predicted octanol–water partition coefficient (Wildman–Crippen LogP) is 17.2. The Kier molecular flexibility index (Phi) is 26.2. The summed E-state index contributed by atoms with van der Waals surface area (Å²) >= 11 is 0. The fraction of sp³-hybridized carbons (Fsp3) is 0.576. The fourth-order valence-corrected chi connectivity index (χ4v) is 17.0. The van der Waals surface area contributed by atoms with Gasteiger partial charge < -0.3 is 43.4 Å². The Morgan fingerprint density at radius 1 is 0.315 bits per heavy atom. The number of anilines is 6. The van der Waals surface area contributed by atoms with Crippen molar-refractivity contribution in [1.82, 2.24) is 87.6 Å². The van der Waals surface area contributed by atoms with Gasteiger partial charge in [0.05, 0.1) is 37.2 Å². The lowest BCUT2D eigenvalue weighted by molar-refractivity contribution is 0.410. The Labute approximate surface area is 654 Å². The summed E-state index contributed by atoms with van der Waals surface area (Å²) in [5, 5.41) is 47.9. The maximum absolute atomic E-state index is 5.97. The molecule has 0 aliphatic heterocycles. The average Bonchev–Trinajstić information content (AvgIpc) is 1.69. The van der Waals surface area contributed by atoms with Crippen molar-refractivity contribution in [2.24, 2.45) is 11.5 Å². The van der Waals surface area contributed by atoms with Gasteiger partial charge in [-0.15, -0.1) is 0 Å². The van der Waals surface area contributed by atoms with Crippen LogP contribution in [-0.2, 0) is 0 Å². The van der Waals surface area contributed by atoms with E-state index in [1.807, 2.05) is 95.9 Å². The van der Waals surface area contributed by atoms with Crippen molar-refractivity contribution in [2.45, 2.75) is 314 Å². The minimum Gasteiger partial charge on any atom is -0.367 e. The Balaban J connectivity index is 0.000000111. The largest absolute Gasteiger partial charge is 0.367 e. The van der Waals surface area contributed by atoms with Crippen LogP contribution in [-0.4, -0.2) is 136 Å². The predicted molar refractivity (Wildman–Crippen MR) is 447 cm³/mol. The van der Waals surface area contributed by atoms with Crippen LogP contribution < -0.4 is 43.4 Å². The number of aromatic nitrogens is 18. The number of nitrogens with two attached hydrogens (primary N) is 2.